The smallest absolute Gasteiger partial charge is 0.133 e. The predicted molar refractivity (Wildman–Crippen MR) is 88.6 cm³/mol. The van der Waals surface area contributed by atoms with E-state index in [1.165, 1.54) is 69.4 Å². The summed E-state index contributed by atoms with van der Waals surface area (Å²) in [6.45, 7) is 5.64. The molecule has 1 saturated heterocycles. The summed E-state index contributed by atoms with van der Waals surface area (Å²) in [6.07, 6.45) is 11.4. The van der Waals surface area contributed by atoms with Crippen LogP contribution in [0.4, 0.5) is 5.82 Å². The van der Waals surface area contributed by atoms with Crippen molar-refractivity contribution in [1.82, 2.24) is 10.3 Å². The van der Waals surface area contributed by atoms with Crippen LogP contribution in [0.25, 0.3) is 0 Å². The number of anilines is 1. The Labute approximate surface area is 129 Å². The highest BCUT2D eigenvalue weighted by Crippen LogP contribution is 2.27. The zero-order valence-electron chi connectivity index (χ0n) is 13.4. The fraction of sp³-hybridized carbons (Fsp3) is 0.722. The fourth-order valence-electron chi connectivity index (χ4n) is 3.47. The molecule has 2 fully saturated rings. The highest BCUT2D eigenvalue weighted by Gasteiger charge is 2.22. The molecule has 3 nitrogen and oxygen atoms in total. The number of nitrogens with one attached hydrogen (secondary N) is 1. The second-order valence-electron chi connectivity index (χ2n) is 6.71. The summed E-state index contributed by atoms with van der Waals surface area (Å²) in [5, 5.41) is 3.63. The topological polar surface area (TPSA) is 28.2 Å². The maximum atomic E-state index is 4.70. The minimum atomic E-state index is 0.760. The Morgan fingerprint density at radius 1 is 1.24 bits per heavy atom. The molecule has 1 saturated carbocycles. The van der Waals surface area contributed by atoms with Crippen LogP contribution < -0.4 is 10.2 Å². The Kier molecular flexibility index (Phi) is 5.13. The lowest BCUT2D eigenvalue weighted by Crippen LogP contribution is -2.28. The number of hydrogen-bond acceptors (Lipinski definition) is 3. The minimum absolute atomic E-state index is 0.760. The molecule has 1 aliphatic heterocycles. The largest absolute Gasteiger partial charge is 0.356 e. The van der Waals surface area contributed by atoms with E-state index in [-0.39, 0.29) is 0 Å². The first kappa shape index (κ1) is 14.8. The second kappa shape index (κ2) is 7.26. The minimum Gasteiger partial charge on any atom is -0.356 e. The van der Waals surface area contributed by atoms with E-state index in [2.05, 4.69) is 29.3 Å². The molecule has 2 aliphatic rings. The lowest BCUT2D eigenvalue weighted by atomic mass is 9.96. The summed E-state index contributed by atoms with van der Waals surface area (Å²) in [5.74, 6) is 2.15. The van der Waals surface area contributed by atoms with E-state index in [4.69, 9.17) is 4.98 Å². The van der Waals surface area contributed by atoms with Crippen LogP contribution in [0.5, 0.6) is 0 Å². The van der Waals surface area contributed by atoms with E-state index in [0.29, 0.717) is 0 Å². The van der Waals surface area contributed by atoms with Gasteiger partial charge >= 0.3 is 0 Å². The molecule has 0 amide bonds. The maximum Gasteiger partial charge on any atom is 0.133 e. The Balaban J connectivity index is 1.64. The molecule has 1 unspecified atom stereocenters. The van der Waals surface area contributed by atoms with Crippen LogP contribution in [-0.4, -0.2) is 24.1 Å². The zero-order chi connectivity index (χ0) is 14.5. The van der Waals surface area contributed by atoms with E-state index >= 15 is 0 Å². The van der Waals surface area contributed by atoms with Gasteiger partial charge in [-0.25, -0.2) is 4.98 Å². The van der Waals surface area contributed by atoms with Gasteiger partial charge in [-0.15, -0.1) is 0 Å². The van der Waals surface area contributed by atoms with E-state index in [1.807, 2.05) is 6.20 Å². The van der Waals surface area contributed by atoms with Crippen molar-refractivity contribution < 1.29 is 0 Å². The molecule has 1 N–H and O–H groups in total. The van der Waals surface area contributed by atoms with Gasteiger partial charge in [-0.05, 0) is 44.1 Å². The van der Waals surface area contributed by atoms with Gasteiger partial charge in [-0.1, -0.05) is 25.8 Å². The molecular formula is C18H29N3. The van der Waals surface area contributed by atoms with Gasteiger partial charge in [0, 0.05) is 37.4 Å². The first-order valence-electron chi connectivity index (χ1n) is 8.79. The number of pyridine rings is 1. The average Bonchev–Trinajstić information content (AvgIpc) is 3.33. The van der Waals surface area contributed by atoms with Gasteiger partial charge < -0.3 is 10.2 Å². The maximum absolute atomic E-state index is 4.70. The van der Waals surface area contributed by atoms with Gasteiger partial charge in [-0.3, -0.25) is 0 Å². The number of rotatable bonds is 6. The van der Waals surface area contributed by atoms with Crippen LogP contribution in [0.1, 0.15) is 57.4 Å². The molecular weight excluding hydrogens is 258 g/mol. The van der Waals surface area contributed by atoms with Crippen LogP contribution in [0.3, 0.4) is 0 Å². The van der Waals surface area contributed by atoms with Crippen LogP contribution in [-0.2, 0) is 6.54 Å². The highest BCUT2D eigenvalue weighted by molar-refractivity contribution is 5.46. The van der Waals surface area contributed by atoms with Gasteiger partial charge in [-0.2, -0.15) is 0 Å². The van der Waals surface area contributed by atoms with Crippen LogP contribution in [0, 0.1) is 5.92 Å². The molecule has 1 aromatic heterocycles. The van der Waals surface area contributed by atoms with Crippen molar-refractivity contribution in [2.45, 2.75) is 64.5 Å². The van der Waals surface area contributed by atoms with Crippen molar-refractivity contribution in [1.29, 1.82) is 0 Å². The van der Waals surface area contributed by atoms with Crippen LogP contribution >= 0.6 is 0 Å². The van der Waals surface area contributed by atoms with Crippen molar-refractivity contribution >= 4 is 5.82 Å². The van der Waals surface area contributed by atoms with Crippen molar-refractivity contribution in [2.75, 3.05) is 18.0 Å². The van der Waals surface area contributed by atoms with Crippen molar-refractivity contribution in [3.05, 3.63) is 23.9 Å². The standard InChI is InChI=1S/C18H29N3/c1-2-5-15-6-4-12-21(13-10-15)18-16(7-3-11-19-18)14-20-17-8-9-17/h3,7,11,15,17,20H,2,4-6,8-10,12-14H2,1H3. The Hall–Kier alpha value is -1.09. The third-order valence-corrected chi connectivity index (χ3v) is 4.87. The van der Waals surface area contributed by atoms with E-state index < -0.39 is 0 Å². The third kappa shape index (κ3) is 4.19. The molecule has 21 heavy (non-hydrogen) atoms. The third-order valence-electron chi connectivity index (χ3n) is 4.87. The second-order valence-corrected chi connectivity index (χ2v) is 6.71. The average molecular weight is 287 g/mol. The molecule has 2 heterocycles. The normalized spacial score (nSPS) is 23.1. The molecule has 3 rings (SSSR count). The molecule has 0 spiro atoms. The summed E-state index contributed by atoms with van der Waals surface area (Å²) >= 11 is 0. The lowest BCUT2D eigenvalue weighted by molar-refractivity contribution is 0.435. The summed E-state index contributed by atoms with van der Waals surface area (Å²) in [4.78, 5) is 7.23. The van der Waals surface area contributed by atoms with Gasteiger partial charge in [0.05, 0.1) is 0 Å². The Bertz CT molecular complexity index is 442. The molecule has 1 aromatic rings. The van der Waals surface area contributed by atoms with Gasteiger partial charge in [0.15, 0.2) is 0 Å². The quantitative estimate of drug-likeness (QED) is 0.864. The van der Waals surface area contributed by atoms with Gasteiger partial charge in [0.2, 0.25) is 0 Å². The number of aromatic nitrogens is 1. The van der Waals surface area contributed by atoms with Crippen LogP contribution in [0.15, 0.2) is 18.3 Å². The fourth-order valence-corrected chi connectivity index (χ4v) is 3.47. The molecule has 3 heteroatoms. The van der Waals surface area contributed by atoms with Gasteiger partial charge in [0.1, 0.15) is 5.82 Å². The van der Waals surface area contributed by atoms with E-state index in [0.717, 1.165) is 18.5 Å². The molecule has 1 atom stereocenters. The molecule has 0 radical (unpaired) electrons. The summed E-state index contributed by atoms with van der Waals surface area (Å²) in [6, 6.07) is 5.08. The summed E-state index contributed by atoms with van der Waals surface area (Å²) in [5.41, 5.74) is 1.37. The van der Waals surface area contributed by atoms with Crippen molar-refractivity contribution in [2.24, 2.45) is 5.92 Å². The molecule has 0 bridgehead atoms. The first-order chi connectivity index (χ1) is 10.4. The summed E-state index contributed by atoms with van der Waals surface area (Å²) in [7, 11) is 0. The monoisotopic (exact) mass is 287 g/mol. The highest BCUT2D eigenvalue weighted by atomic mass is 15.2. The predicted octanol–water partition coefficient (Wildman–Crippen LogP) is 3.74. The van der Waals surface area contributed by atoms with Crippen LogP contribution in [0.2, 0.25) is 0 Å². The Morgan fingerprint density at radius 3 is 2.95 bits per heavy atom. The van der Waals surface area contributed by atoms with Crippen molar-refractivity contribution in [3.63, 3.8) is 0 Å². The molecule has 1 aliphatic carbocycles. The van der Waals surface area contributed by atoms with Gasteiger partial charge in [0.25, 0.3) is 0 Å². The zero-order valence-corrected chi connectivity index (χ0v) is 13.4. The SMILES string of the molecule is CCCC1CCCN(c2ncccc2CNC2CC2)CC1. The molecule has 0 aromatic carbocycles. The lowest BCUT2D eigenvalue weighted by Gasteiger charge is -2.24. The number of nitrogens with zero attached hydrogens (tertiary/aromatic N) is 2. The number of hydrogen-bond donors (Lipinski definition) is 1. The Morgan fingerprint density at radius 2 is 2.14 bits per heavy atom. The van der Waals surface area contributed by atoms with E-state index in [9.17, 15) is 0 Å². The summed E-state index contributed by atoms with van der Waals surface area (Å²) < 4.78 is 0. The van der Waals surface area contributed by atoms with E-state index in [1.54, 1.807) is 0 Å². The van der Waals surface area contributed by atoms with Crippen molar-refractivity contribution in [3.8, 4) is 0 Å². The molecule has 116 valence electrons. The first-order valence-corrected chi connectivity index (χ1v) is 8.79.